The first kappa shape index (κ1) is 26.3. The number of nitrogens with one attached hydrogen (secondary N) is 1. The number of aryl methyl sites for hydroxylation is 3. The van der Waals surface area contributed by atoms with Gasteiger partial charge in [0.25, 0.3) is 11.8 Å². The van der Waals surface area contributed by atoms with Crippen LogP contribution >= 0.6 is 11.3 Å². The molecule has 0 saturated carbocycles. The summed E-state index contributed by atoms with van der Waals surface area (Å²) >= 11 is 1.64. The van der Waals surface area contributed by atoms with E-state index in [2.05, 4.69) is 49.6 Å². The lowest BCUT2D eigenvalue weighted by Crippen LogP contribution is -2.54. The molecule has 4 amide bonds. The summed E-state index contributed by atoms with van der Waals surface area (Å²) in [5.74, 6) is -1.91. The Morgan fingerprint density at radius 2 is 1.65 bits per heavy atom. The van der Waals surface area contributed by atoms with Crippen molar-refractivity contribution in [2.24, 2.45) is 0 Å². The number of amides is 4. The van der Waals surface area contributed by atoms with Crippen LogP contribution in [0.5, 0.6) is 0 Å². The number of piperidine rings is 1. The Hall–Kier alpha value is -3.96. The maximum atomic E-state index is 13.3. The highest BCUT2D eigenvalue weighted by atomic mass is 32.1. The summed E-state index contributed by atoms with van der Waals surface area (Å²) in [5.41, 5.74) is 3.89. The van der Waals surface area contributed by atoms with Gasteiger partial charge in [0, 0.05) is 39.1 Å². The average molecular weight is 559 g/mol. The molecular formula is C29H30N6O4S. The number of imide groups is 2. The minimum Gasteiger partial charge on any atom is -0.344 e. The third-order valence-corrected chi connectivity index (χ3v) is 8.72. The SMILES string of the molecule is Cc1nnc(N2CCN(Cc3ccc(CCc4cccc5c4C(=O)N(C4CCC(=O)NC4=O)C5=O)cc3)CC2)s1. The number of hydrogen-bond acceptors (Lipinski definition) is 9. The molecule has 3 aliphatic heterocycles. The van der Waals surface area contributed by atoms with Crippen molar-refractivity contribution in [2.75, 3.05) is 31.1 Å². The molecule has 1 atom stereocenters. The molecule has 2 aromatic carbocycles. The molecule has 206 valence electrons. The van der Waals surface area contributed by atoms with Crippen LogP contribution < -0.4 is 10.2 Å². The van der Waals surface area contributed by atoms with Gasteiger partial charge in [0.05, 0.1) is 11.1 Å². The fourth-order valence-corrected chi connectivity index (χ4v) is 6.39. The van der Waals surface area contributed by atoms with Crippen LogP contribution in [-0.2, 0) is 29.0 Å². The van der Waals surface area contributed by atoms with Crippen LogP contribution in [0, 0.1) is 6.92 Å². The highest BCUT2D eigenvalue weighted by molar-refractivity contribution is 7.15. The molecule has 40 heavy (non-hydrogen) atoms. The number of carbonyl (C=O) groups excluding carboxylic acids is 4. The Kier molecular flexibility index (Phi) is 7.16. The first-order chi connectivity index (χ1) is 19.4. The molecule has 1 unspecified atom stereocenters. The van der Waals surface area contributed by atoms with Crippen molar-refractivity contribution in [2.45, 2.75) is 45.2 Å². The second-order valence-corrected chi connectivity index (χ2v) is 11.6. The van der Waals surface area contributed by atoms with E-state index in [1.54, 1.807) is 23.5 Å². The topological polar surface area (TPSA) is 116 Å². The number of rotatable bonds is 7. The number of nitrogens with zero attached hydrogens (tertiary/aromatic N) is 5. The van der Waals surface area contributed by atoms with Gasteiger partial charge in [-0.3, -0.25) is 34.3 Å². The van der Waals surface area contributed by atoms with E-state index in [4.69, 9.17) is 0 Å². The van der Waals surface area contributed by atoms with Crippen molar-refractivity contribution in [3.8, 4) is 0 Å². The van der Waals surface area contributed by atoms with Crippen LogP contribution in [0.2, 0.25) is 0 Å². The van der Waals surface area contributed by atoms with Crippen LogP contribution in [0.4, 0.5) is 5.13 Å². The number of piperazine rings is 1. The average Bonchev–Trinajstić information content (AvgIpc) is 3.50. The smallest absolute Gasteiger partial charge is 0.262 e. The van der Waals surface area contributed by atoms with Crippen molar-refractivity contribution in [1.82, 2.24) is 25.3 Å². The largest absolute Gasteiger partial charge is 0.344 e. The van der Waals surface area contributed by atoms with E-state index in [-0.39, 0.29) is 18.7 Å². The first-order valence-electron chi connectivity index (χ1n) is 13.6. The number of anilines is 1. The second kappa shape index (κ2) is 10.9. The van der Waals surface area contributed by atoms with Gasteiger partial charge in [-0.2, -0.15) is 0 Å². The molecule has 0 radical (unpaired) electrons. The van der Waals surface area contributed by atoms with E-state index in [0.717, 1.165) is 65.3 Å². The zero-order valence-corrected chi connectivity index (χ0v) is 23.1. The molecule has 1 aromatic heterocycles. The van der Waals surface area contributed by atoms with Gasteiger partial charge in [0.15, 0.2) is 0 Å². The van der Waals surface area contributed by atoms with Crippen LogP contribution in [0.25, 0.3) is 0 Å². The highest BCUT2D eigenvalue weighted by Gasteiger charge is 2.45. The van der Waals surface area contributed by atoms with Crippen molar-refractivity contribution in [3.05, 3.63) is 75.3 Å². The number of aromatic nitrogens is 2. The second-order valence-electron chi connectivity index (χ2n) is 10.5. The van der Waals surface area contributed by atoms with Gasteiger partial charge in [-0.05, 0) is 48.9 Å². The fourth-order valence-electron chi connectivity index (χ4n) is 5.65. The van der Waals surface area contributed by atoms with Gasteiger partial charge < -0.3 is 4.90 Å². The molecule has 0 bridgehead atoms. The van der Waals surface area contributed by atoms with Gasteiger partial charge in [-0.25, -0.2) is 0 Å². The predicted molar refractivity (Wildman–Crippen MR) is 149 cm³/mol. The molecule has 3 aliphatic rings. The zero-order chi connectivity index (χ0) is 27.8. The third kappa shape index (κ3) is 5.14. The highest BCUT2D eigenvalue weighted by Crippen LogP contribution is 2.30. The summed E-state index contributed by atoms with van der Waals surface area (Å²) in [6, 6.07) is 12.9. The molecule has 0 aliphatic carbocycles. The Morgan fingerprint density at radius 3 is 2.35 bits per heavy atom. The summed E-state index contributed by atoms with van der Waals surface area (Å²) in [4.78, 5) is 56.1. The molecule has 2 saturated heterocycles. The van der Waals surface area contributed by atoms with E-state index >= 15 is 0 Å². The van der Waals surface area contributed by atoms with E-state index in [9.17, 15) is 19.2 Å². The Balaban J connectivity index is 1.06. The Labute approximate surface area is 236 Å². The maximum Gasteiger partial charge on any atom is 0.262 e. The van der Waals surface area contributed by atoms with E-state index in [1.807, 2.05) is 13.0 Å². The van der Waals surface area contributed by atoms with Crippen LogP contribution in [-0.4, -0.2) is 75.8 Å². The summed E-state index contributed by atoms with van der Waals surface area (Å²) < 4.78 is 0. The minimum atomic E-state index is -0.956. The summed E-state index contributed by atoms with van der Waals surface area (Å²) in [5, 5.41) is 12.6. The molecule has 0 spiro atoms. The van der Waals surface area contributed by atoms with Gasteiger partial charge >= 0.3 is 0 Å². The maximum absolute atomic E-state index is 13.3. The lowest BCUT2D eigenvalue weighted by atomic mass is 9.96. The van der Waals surface area contributed by atoms with Gasteiger partial charge in [-0.15, -0.1) is 10.2 Å². The normalized spacial score (nSPS) is 19.8. The van der Waals surface area contributed by atoms with E-state index < -0.39 is 23.8 Å². The molecule has 10 nitrogen and oxygen atoms in total. The monoisotopic (exact) mass is 558 g/mol. The third-order valence-electron chi connectivity index (χ3n) is 7.82. The van der Waals surface area contributed by atoms with Crippen molar-refractivity contribution >= 4 is 40.1 Å². The summed E-state index contributed by atoms with van der Waals surface area (Å²) in [7, 11) is 0. The van der Waals surface area contributed by atoms with E-state index in [0.29, 0.717) is 17.5 Å². The van der Waals surface area contributed by atoms with Crippen molar-refractivity contribution in [1.29, 1.82) is 0 Å². The molecule has 2 fully saturated rings. The molecule has 6 rings (SSSR count). The minimum absolute atomic E-state index is 0.104. The molecule has 4 heterocycles. The predicted octanol–water partition coefficient (Wildman–Crippen LogP) is 2.36. The molecule has 1 N–H and O–H groups in total. The van der Waals surface area contributed by atoms with Gasteiger partial charge in [0.2, 0.25) is 16.9 Å². The number of carbonyl (C=O) groups is 4. The van der Waals surface area contributed by atoms with Crippen LogP contribution in [0.15, 0.2) is 42.5 Å². The quantitative estimate of drug-likeness (QED) is 0.440. The first-order valence-corrected chi connectivity index (χ1v) is 14.4. The standard InChI is InChI=1S/C29H30N6O4S/c1-18-31-32-29(40-18)34-15-13-33(14-16-34)17-20-7-5-19(6-8-20)9-10-21-3-2-4-22-25(21)28(39)35(27(22)38)23-11-12-24(36)30-26(23)37/h2-8,23H,9-17H2,1H3,(H,30,36,37). The molecule has 3 aromatic rings. The molecule has 11 heteroatoms. The van der Waals surface area contributed by atoms with Crippen LogP contribution in [0.1, 0.15) is 55.3 Å². The summed E-state index contributed by atoms with van der Waals surface area (Å²) in [6.45, 7) is 6.70. The number of hydrogen-bond donors (Lipinski definition) is 1. The fraction of sp³-hybridized carbons (Fsp3) is 0.379. The number of benzene rings is 2. The van der Waals surface area contributed by atoms with E-state index in [1.165, 1.54) is 5.56 Å². The van der Waals surface area contributed by atoms with Gasteiger partial charge in [-0.1, -0.05) is 47.7 Å². The Bertz CT molecular complexity index is 1480. The van der Waals surface area contributed by atoms with Crippen LogP contribution in [0.3, 0.4) is 0 Å². The summed E-state index contributed by atoms with van der Waals surface area (Å²) in [6.07, 6.45) is 1.57. The lowest BCUT2D eigenvalue weighted by molar-refractivity contribution is -0.136. The lowest BCUT2D eigenvalue weighted by Gasteiger charge is -2.34. The zero-order valence-electron chi connectivity index (χ0n) is 22.3. The van der Waals surface area contributed by atoms with Gasteiger partial charge in [0.1, 0.15) is 11.0 Å². The van der Waals surface area contributed by atoms with Crippen molar-refractivity contribution < 1.29 is 19.2 Å². The Morgan fingerprint density at radius 1 is 0.900 bits per heavy atom. The number of fused-ring (bicyclic) bond motifs is 1. The molecular weight excluding hydrogens is 528 g/mol. The van der Waals surface area contributed by atoms with Crippen molar-refractivity contribution in [3.63, 3.8) is 0 Å².